The van der Waals surface area contributed by atoms with Gasteiger partial charge in [-0.25, -0.2) is 23.1 Å². The van der Waals surface area contributed by atoms with Crippen LogP contribution < -0.4 is 10.5 Å². The van der Waals surface area contributed by atoms with E-state index in [0.29, 0.717) is 17.0 Å². The molecule has 0 amide bonds. The fourth-order valence-corrected chi connectivity index (χ4v) is 6.49. The van der Waals surface area contributed by atoms with Crippen LogP contribution in [-0.4, -0.2) is 45.4 Å². The number of nitrogens with zero attached hydrogens (tertiary/aromatic N) is 4. The maximum Gasteiger partial charge on any atom is 0.240 e. The van der Waals surface area contributed by atoms with Crippen molar-refractivity contribution < 1.29 is 13.5 Å². The first-order valence-electron chi connectivity index (χ1n) is 11.0. The molecule has 0 unspecified atom stereocenters. The number of aliphatic hydroxyl groups excluding tert-OH is 1. The predicted molar refractivity (Wildman–Crippen MR) is 125 cm³/mol. The van der Waals surface area contributed by atoms with E-state index in [4.69, 9.17) is 10.7 Å². The van der Waals surface area contributed by atoms with Crippen molar-refractivity contribution in [3.63, 3.8) is 0 Å². The normalized spacial score (nSPS) is 24.5. The van der Waals surface area contributed by atoms with Crippen LogP contribution in [0.1, 0.15) is 36.9 Å². The van der Waals surface area contributed by atoms with Crippen molar-refractivity contribution in [1.29, 1.82) is 0 Å². The quantitative estimate of drug-likeness (QED) is 0.523. The van der Waals surface area contributed by atoms with E-state index in [-0.39, 0.29) is 28.3 Å². The molecule has 2 heterocycles. The Balaban J connectivity index is 1.43. The predicted octanol–water partition coefficient (Wildman–Crippen LogP) is 2.32. The summed E-state index contributed by atoms with van der Waals surface area (Å²) in [5, 5.41) is 13.9. The van der Waals surface area contributed by atoms with E-state index < -0.39 is 10.0 Å². The van der Waals surface area contributed by atoms with Gasteiger partial charge in [-0.1, -0.05) is 6.07 Å². The summed E-state index contributed by atoms with van der Waals surface area (Å²) < 4.78 is 30.7. The highest BCUT2D eigenvalue weighted by Gasteiger charge is 2.53. The monoisotopic (exact) mass is 468 g/mol. The van der Waals surface area contributed by atoms with Gasteiger partial charge in [-0.15, -0.1) is 0 Å². The van der Waals surface area contributed by atoms with Crippen molar-refractivity contribution in [3.05, 3.63) is 41.9 Å². The number of nitrogen functional groups attached to an aromatic ring is 1. The number of anilines is 1. The molecule has 0 aliphatic heterocycles. The molecule has 174 valence electrons. The summed E-state index contributed by atoms with van der Waals surface area (Å²) in [6.07, 6.45) is 6.27. The van der Waals surface area contributed by atoms with Gasteiger partial charge in [0, 0.05) is 30.4 Å². The lowest BCUT2D eigenvalue weighted by molar-refractivity contribution is -0.0930. The Morgan fingerprint density at radius 1 is 1.18 bits per heavy atom. The third-order valence-electron chi connectivity index (χ3n) is 6.88. The maximum atomic E-state index is 13.1. The van der Waals surface area contributed by atoms with Crippen LogP contribution in [0.4, 0.5) is 5.82 Å². The highest BCUT2D eigenvalue weighted by atomic mass is 32.2. The van der Waals surface area contributed by atoms with E-state index in [2.05, 4.69) is 14.8 Å². The number of aryl methyl sites for hydroxylation is 3. The summed E-state index contributed by atoms with van der Waals surface area (Å²) in [5.41, 5.74) is 10.4. The smallest absolute Gasteiger partial charge is 0.240 e. The molecular formula is C23H28N6O3S. The summed E-state index contributed by atoms with van der Waals surface area (Å²) in [7, 11) is -1.86. The van der Waals surface area contributed by atoms with Crippen molar-refractivity contribution >= 4 is 15.8 Å². The van der Waals surface area contributed by atoms with Crippen LogP contribution in [0.3, 0.4) is 0 Å². The molecule has 2 fully saturated rings. The zero-order valence-corrected chi connectivity index (χ0v) is 19.7. The van der Waals surface area contributed by atoms with Crippen LogP contribution in [0.15, 0.2) is 35.5 Å². The molecule has 5 rings (SSSR count). The van der Waals surface area contributed by atoms with Crippen LogP contribution in [0.2, 0.25) is 0 Å². The van der Waals surface area contributed by atoms with Crippen LogP contribution >= 0.6 is 0 Å². The van der Waals surface area contributed by atoms with Crippen LogP contribution in [-0.2, 0) is 17.1 Å². The lowest BCUT2D eigenvalue weighted by atomic mass is 9.53. The summed E-state index contributed by atoms with van der Waals surface area (Å²) in [5.74, 6) is 0.290. The molecule has 3 aromatic rings. The topological polar surface area (TPSA) is 136 Å². The summed E-state index contributed by atoms with van der Waals surface area (Å²) in [4.78, 5) is 9.23. The van der Waals surface area contributed by atoms with Crippen molar-refractivity contribution in [2.24, 2.45) is 12.5 Å². The van der Waals surface area contributed by atoms with Crippen LogP contribution in [0.25, 0.3) is 22.5 Å². The number of sulfonamides is 1. The van der Waals surface area contributed by atoms with Gasteiger partial charge in [-0.3, -0.25) is 4.68 Å². The second kappa shape index (κ2) is 7.61. The first-order valence-corrected chi connectivity index (χ1v) is 12.5. The third-order valence-corrected chi connectivity index (χ3v) is 8.40. The van der Waals surface area contributed by atoms with Gasteiger partial charge in [0.15, 0.2) is 0 Å². The lowest BCUT2D eigenvalue weighted by Crippen LogP contribution is -2.57. The second-order valence-corrected chi connectivity index (χ2v) is 11.3. The summed E-state index contributed by atoms with van der Waals surface area (Å²) in [6, 6.07) is 4.93. The molecule has 33 heavy (non-hydrogen) atoms. The largest absolute Gasteiger partial charge is 0.393 e. The maximum absolute atomic E-state index is 13.1. The first kappa shape index (κ1) is 22.0. The SMILES string of the molecule is Cc1ccc(S(=O)(=O)NC2CC3(CC(O)C3)C2)cc1-c1cnc(N)c(-c2cn(C)nc2C)n1. The molecule has 0 bridgehead atoms. The van der Waals surface area contributed by atoms with E-state index in [1.165, 1.54) is 0 Å². The molecule has 10 heteroatoms. The molecule has 2 aliphatic carbocycles. The number of hydrogen-bond donors (Lipinski definition) is 3. The van der Waals surface area contributed by atoms with E-state index in [1.807, 2.05) is 27.1 Å². The summed E-state index contributed by atoms with van der Waals surface area (Å²) >= 11 is 0. The van der Waals surface area contributed by atoms with Crippen molar-refractivity contribution in [1.82, 2.24) is 24.5 Å². The Labute approximate surface area is 193 Å². The molecular weight excluding hydrogens is 440 g/mol. The van der Waals surface area contributed by atoms with Gasteiger partial charge >= 0.3 is 0 Å². The highest BCUT2D eigenvalue weighted by molar-refractivity contribution is 7.89. The highest BCUT2D eigenvalue weighted by Crippen LogP contribution is 2.56. The van der Waals surface area contributed by atoms with Crippen molar-refractivity contribution in [3.8, 4) is 22.5 Å². The van der Waals surface area contributed by atoms with Crippen LogP contribution in [0, 0.1) is 19.3 Å². The lowest BCUT2D eigenvalue weighted by Gasteiger charge is -2.56. The Hall–Kier alpha value is -2.82. The Morgan fingerprint density at radius 3 is 2.55 bits per heavy atom. The molecule has 0 radical (unpaired) electrons. The van der Waals surface area contributed by atoms with E-state index in [1.54, 1.807) is 29.1 Å². The Kier molecular flexibility index (Phi) is 5.07. The molecule has 2 aliphatic rings. The zero-order valence-electron chi connectivity index (χ0n) is 18.9. The second-order valence-electron chi connectivity index (χ2n) is 9.56. The van der Waals surface area contributed by atoms with Gasteiger partial charge in [0.2, 0.25) is 10.0 Å². The standard InChI is InChI=1S/C23H28N6O3S/c1-13-4-5-17(33(31,32)28-15-7-23(8-15)9-16(30)10-23)6-18(13)20-11-25-22(24)21(26-20)19-12-29(3)27-14(19)2/h4-6,11-12,15-16,28,30H,7-10H2,1-3H3,(H2,24,25). The van der Waals surface area contributed by atoms with Crippen molar-refractivity contribution in [2.75, 3.05) is 5.73 Å². The molecule has 0 atom stereocenters. The Morgan fingerprint density at radius 2 is 1.91 bits per heavy atom. The fourth-order valence-electron chi connectivity index (χ4n) is 5.23. The number of nitrogens with two attached hydrogens (primary N) is 1. The average molecular weight is 469 g/mol. The molecule has 2 saturated carbocycles. The minimum atomic E-state index is -3.69. The third kappa shape index (κ3) is 3.92. The molecule has 0 saturated heterocycles. The van der Waals surface area contributed by atoms with Gasteiger partial charge in [0.25, 0.3) is 0 Å². The van der Waals surface area contributed by atoms with E-state index >= 15 is 0 Å². The molecule has 4 N–H and O–H groups in total. The molecule has 1 aromatic carbocycles. The van der Waals surface area contributed by atoms with Gasteiger partial charge in [0.05, 0.1) is 28.6 Å². The number of rotatable bonds is 5. The zero-order chi connectivity index (χ0) is 23.5. The van der Waals surface area contributed by atoms with Gasteiger partial charge in [0.1, 0.15) is 11.5 Å². The number of hydrogen-bond acceptors (Lipinski definition) is 7. The number of aliphatic hydroxyl groups is 1. The molecule has 1 spiro atoms. The molecule has 2 aromatic heterocycles. The van der Waals surface area contributed by atoms with Gasteiger partial charge in [-0.05, 0) is 62.6 Å². The fraction of sp³-hybridized carbons (Fsp3) is 0.435. The minimum Gasteiger partial charge on any atom is -0.393 e. The molecule has 9 nitrogen and oxygen atoms in total. The van der Waals surface area contributed by atoms with Crippen LogP contribution in [0.5, 0.6) is 0 Å². The van der Waals surface area contributed by atoms with Gasteiger partial charge < -0.3 is 10.8 Å². The number of benzene rings is 1. The minimum absolute atomic E-state index is 0.0938. The first-order chi connectivity index (χ1) is 15.6. The van der Waals surface area contributed by atoms with E-state index in [0.717, 1.165) is 42.5 Å². The van der Waals surface area contributed by atoms with Gasteiger partial charge in [-0.2, -0.15) is 5.10 Å². The van der Waals surface area contributed by atoms with Crippen molar-refractivity contribution in [2.45, 2.75) is 56.6 Å². The summed E-state index contributed by atoms with van der Waals surface area (Å²) in [6.45, 7) is 3.78. The number of nitrogens with one attached hydrogen (secondary N) is 1. The average Bonchev–Trinajstić information content (AvgIpc) is 3.03. The van der Waals surface area contributed by atoms with E-state index in [9.17, 15) is 13.5 Å². The number of aromatic nitrogens is 4. The Bertz CT molecular complexity index is 1340.